The number of benzene rings is 2. The largest absolute Gasteiger partial charge is 0.465 e. The van der Waals surface area contributed by atoms with Gasteiger partial charge in [-0.05, 0) is 48.9 Å². The third-order valence-corrected chi connectivity index (χ3v) is 5.90. The molecule has 0 saturated carbocycles. The van der Waals surface area contributed by atoms with Gasteiger partial charge < -0.3 is 9.15 Å². The molecule has 8 heteroatoms. The molecule has 7 nitrogen and oxygen atoms in total. The van der Waals surface area contributed by atoms with E-state index in [0.29, 0.717) is 33.8 Å². The summed E-state index contributed by atoms with van der Waals surface area (Å²) in [6.45, 7) is 4.06. The van der Waals surface area contributed by atoms with Crippen molar-refractivity contribution in [3.8, 4) is 11.3 Å². The molecular weight excluding hydrogens is 486 g/mol. The summed E-state index contributed by atoms with van der Waals surface area (Å²) in [4.78, 5) is 29.5. The molecule has 0 aliphatic carbocycles. The Hall–Kier alpha value is -3.52. The van der Waals surface area contributed by atoms with Gasteiger partial charge in [-0.1, -0.05) is 41.9 Å². The Kier molecular flexibility index (Phi) is 6.55. The number of fused-ring (bicyclic) bond motifs is 1. The van der Waals surface area contributed by atoms with Crippen LogP contribution in [0, 0.1) is 0 Å². The molecule has 0 spiro atoms. The topological polar surface area (TPSA) is 86.7 Å². The Labute approximate surface area is 198 Å². The van der Waals surface area contributed by atoms with Crippen molar-refractivity contribution in [2.24, 2.45) is 5.10 Å². The maximum absolute atomic E-state index is 13.2. The van der Waals surface area contributed by atoms with Crippen molar-refractivity contribution >= 4 is 39.0 Å². The van der Waals surface area contributed by atoms with Crippen LogP contribution in [0.15, 0.2) is 73.4 Å². The van der Waals surface area contributed by atoms with Crippen LogP contribution in [0.25, 0.3) is 22.2 Å². The molecule has 2 aromatic heterocycles. The molecule has 1 atom stereocenters. The lowest BCUT2D eigenvalue weighted by Crippen LogP contribution is -2.23. The first-order chi connectivity index (χ1) is 15.9. The van der Waals surface area contributed by atoms with Gasteiger partial charge in [0.15, 0.2) is 0 Å². The third kappa shape index (κ3) is 4.66. The molecular formula is C25H22BrN3O4. The number of ether oxygens (including phenoxy) is 1. The Morgan fingerprint density at radius 2 is 1.97 bits per heavy atom. The number of nitrogens with zero attached hydrogens (tertiary/aromatic N) is 3. The molecule has 0 fully saturated rings. The van der Waals surface area contributed by atoms with E-state index in [-0.39, 0.29) is 11.5 Å². The van der Waals surface area contributed by atoms with Crippen LogP contribution in [0.1, 0.15) is 48.1 Å². The molecule has 4 aromatic rings. The standard InChI is InChI=1S/C25H22BrN3O4/c1-4-15(2)23-28-21-11-9-18(26)13-20(21)24(30)29(23)27-14-19-10-12-22(33-19)16-5-7-17(8-6-16)25(31)32-3/h5-15H,4H2,1-3H3/t15-/m1/s1. The number of carbonyl (C=O) groups is 1. The lowest BCUT2D eigenvalue weighted by atomic mass is 10.1. The van der Waals surface area contributed by atoms with Gasteiger partial charge in [-0.25, -0.2) is 9.78 Å². The molecule has 0 aliphatic rings. The zero-order chi connectivity index (χ0) is 23.5. The van der Waals surface area contributed by atoms with Crippen molar-refractivity contribution < 1.29 is 13.9 Å². The first-order valence-electron chi connectivity index (χ1n) is 10.5. The molecule has 4 rings (SSSR count). The second-order valence-corrected chi connectivity index (χ2v) is 8.49. The molecule has 2 heterocycles. The minimum atomic E-state index is -0.396. The fourth-order valence-electron chi connectivity index (χ4n) is 3.36. The molecule has 0 bridgehead atoms. The van der Waals surface area contributed by atoms with Crippen LogP contribution in [0.5, 0.6) is 0 Å². The maximum Gasteiger partial charge on any atom is 0.337 e. The van der Waals surface area contributed by atoms with Gasteiger partial charge in [-0.3, -0.25) is 4.79 Å². The SMILES string of the molecule is CC[C@@H](C)c1nc2ccc(Br)cc2c(=O)n1N=Cc1ccc(-c2ccc(C(=O)OC)cc2)o1. The monoisotopic (exact) mass is 507 g/mol. The average Bonchev–Trinajstić information content (AvgIpc) is 3.31. The molecule has 0 amide bonds. The van der Waals surface area contributed by atoms with E-state index in [0.717, 1.165) is 16.5 Å². The first-order valence-corrected chi connectivity index (χ1v) is 11.3. The predicted octanol–water partition coefficient (Wildman–Crippen LogP) is 5.60. The summed E-state index contributed by atoms with van der Waals surface area (Å²) < 4.78 is 12.7. The van der Waals surface area contributed by atoms with Crippen LogP contribution in [-0.2, 0) is 4.74 Å². The zero-order valence-electron chi connectivity index (χ0n) is 18.4. The quantitative estimate of drug-likeness (QED) is 0.250. The van der Waals surface area contributed by atoms with Crippen molar-refractivity contribution in [3.05, 3.63) is 86.6 Å². The molecule has 0 saturated heterocycles. The van der Waals surface area contributed by atoms with E-state index in [4.69, 9.17) is 14.1 Å². The lowest BCUT2D eigenvalue weighted by molar-refractivity contribution is 0.0600. The van der Waals surface area contributed by atoms with Gasteiger partial charge in [0.05, 0.1) is 29.8 Å². The van der Waals surface area contributed by atoms with Crippen LogP contribution in [0.2, 0.25) is 0 Å². The average molecular weight is 508 g/mol. The third-order valence-electron chi connectivity index (χ3n) is 5.40. The van der Waals surface area contributed by atoms with Crippen molar-refractivity contribution in [1.29, 1.82) is 0 Å². The molecule has 2 aromatic carbocycles. The van der Waals surface area contributed by atoms with Crippen LogP contribution >= 0.6 is 15.9 Å². The van der Waals surface area contributed by atoms with E-state index in [2.05, 4.69) is 21.0 Å². The Morgan fingerprint density at radius 3 is 2.67 bits per heavy atom. The number of hydrogen-bond acceptors (Lipinski definition) is 6. The minimum absolute atomic E-state index is 0.0448. The highest BCUT2D eigenvalue weighted by Gasteiger charge is 2.16. The van der Waals surface area contributed by atoms with Gasteiger partial charge in [0.1, 0.15) is 17.3 Å². The van der Waals surface area contributed by atoms with E-state index in [1.807, 2.05) is 32.0 Å². The number of carbonyl (C=O) groups excluding carboxylic acids is 1. The lowest BCUT2D eigenvalue weighted by Gasteiger charge is -2.13. The van der Waals surface area contributed by atoms with Crippen LogP contribution in [0.4, 0.5) is 0 Å². The number of furan rings is 1. The van der Waals surface area contributed by atoms with Crippen LogP contribution in [-0.4, -0.2) is 29.0 Å². The van der Waals surface area contributed by atoms with Crippen molar-refractivity contribution in [3.63, 3.8) is 0 Å². The smallest absolute Gasteiger partial charge is 0.337 e. The van der Waals surface area contributed by atoms with Crippen molar-refractivity contribution in [2.45, 2.75) is 26.2 Å². The molecule has 0 N–H and O–H groups in total. The molecule has 33 heavy (non-hydrogen) atoms. The highest BCUT2D eigenvalue weighted by molar-refractivity contribution is 9.10. The van der Waals surface area contributed by atoms with E-state index < -0.39 is 5.97 Å². The highest BCUT2D eigenvalue weighted by Crippen LogP contribution is 2.23. The summed E-state index contributed by atoms with van der Waals surface area (Å²) in [6.07, 6.45) is 2.32. The molecule has 0 radical (unpaired) electrons. The van der Waals surface area contributed by atoms with E-state index in [1.165, 1.54) is 18.0 Å². The van der Waals surface area contributed by atoms with Gasteiger partial charge in [0, 0.05) is 16.0 Å². The summed E-state index contributed by atoms with van der Waals surface area (Å²) in [5.74, 6) is 1.34. The number of methoxy groups -OCH3 is 1. The number of aromatic nitrogens is 2. The molecule has 0 unspecified atom stereocenters. The van der Waals surface area contributed by atoms with E-state index in [1.54, 1.807) is 36.4 Å². The van der Waals surface area contributed by atoms with Gasteiger partial charge in [-0.15, -0.1) is 0 Å². The fourth-order valence-corrected chi connectivity index (χ4v) is 3.72. The first kappa shape index (κ1) is 22.7. The van der Waals surface area contributed by atoms with E-state index in [9.17, 15) is 9.59 Å². The van der Waals surface area contributed by atoms with Gasteiger partial charge in [-0.2, -0.15) is 9.78 Å². The van der Waals surface area contributed by atoms with Crippen molar-refractivity contribution in [1.82, 2.24) is 9.66 Å². The predicted molar refractivity (Wildman–Crippen MR) is 131 cm³/mol. The van der Waals surface area contributed by atoms with E-state index >= 15 is 0 Å². The number of rotatable bonds is 6. The highest BCUT2D eigenvalue weighted by atomic mass is 79.9. The summed E-state index contributed by atoms with van der Waals surface area (Å²) >= 11 is 3.41. The summed E-state index contributed by atoms with van der Waals surface area (Å²) in [7, 11) is 1.34. The van der Waals surface area contributed by atoms with Gasteiger partial charge >= 0.3 is 5.97 Å². The van der Waals surface area contributed by atoms with Gasteiger partial charge in [0.2, 0.25) is 0 Å². The summed E-state index contributed by atoms with van der Waals surface area (Å²) in [6, 6.07) is 15.9. The van der Waals surface area contributed by atoms with Crippen LogP contribution in [0.3, 0.4) is 0 Å². The Bertz CT molecular complexity index is 1400. The van der Waals surface area contributed by atoms with Crippen LogP contribution < -0.4 is 5.56 Å². The van der Waals surface area contributed by atoms with Crippen molar-refractivity contribution in [2.75, 3.05) is 7.11 Å². The van der Waals surface area contributed by atoms with Gasteiger partial charge in [0.25, 0.3) is 5.56 Å². The zero-order valence-corrected chi connectivity index (χ0v) is 20.0. The second kappa shape index (κ2) is 9.54. The number of esters is 1. The Morgan fingerprint density at radius 1 is 1.21 bits per heavy atom. The summed E-state index contributed by atoms with van der Waals surface area (Å²) in [5.41, 5.74) is 1.66. The number of halogens is 1. The normalized spacial score (nSPS) is 12.4. The minimum Gasteiger partial charge on any atom is -0.465 e. The number of hydrogen-bond donors (Lipinski definition) is 0. The maximum atomic E-state index is 13.2. The second-order valence-electron chi connectivity index (χ2n) is 7.57. The summed E-state index contributed by atoms with van der Waals surface area (Å²) in [5, 5.41) is 4.91. The molecule has 0 aliphatic heterocycles. The molecule has 168 valence electrons. The fraction of sp³-hybridized carbons (Fsp3) is 0.200. The Balaban J connectivity index is 1.69.